The van der Waals surface area contributed by atoms with Gasteiger partial charge < -0.3 is 9.63 Å². The monoisotopic (exact) mass is 288 g/mol. The first-order valence-electron chi connectivity index (χ1n) is 6.58. The molecule has 6 nitrogen and oxygen atoms in total. The van der Waals surface area contributed by atoms with Crippen molar-refractivity contribution in [3.63, 3.8) is 0 Å². The van der Waals surface area contributed by atoms with Crippen molar-refractivity contribution >= 4 is 17.6 Å². The largest absolute Gasteiger partial charge is 0.480 e. The molecule has 1 aromatic carbocycles. The van der Waals surface area contributed by atoms with Gasteiger partial charge in [0.15, 0.2) is 0 Å². The normalized spacial score (nSPS) is 10.4. The molecule has 0 spiro atoms. The molecule has 0 saturated carbocycles. The van der Waals surface area contributed by atoms with Crippen LogP contribution in [-0.4, -0.2) is 28.7 Å². The Balaban J connectivity index is 2.43. The number of hydrogen-bond donors (Lipinski definition) is 1. The minimum atomic E-state index is -1.08. The summed E-state index contributed by atoms with van der Waals surface area (Å²) in [7, 11) is 0. The summed E-state index contributed by atoms with van der Waals surface area (Å²) >= 11 is 0. The van der Waals surface area contributed by atoms with Crippen molar-refractivity contribution in [1.29, 1.82) is 0 Å². The number of aryl methyl sites for hydroxylation is 2. The third-order valence-electron chi connectivity index (χ3n) is 3.09. The van der Waals surface area contributed by atoms with Gasteiger partial charge in [0, 0.05) is 5.69 Å². The molecule has 1 N–H and O–H groups in total. The maximum atomic E-state index is 12.7. The molecule has 0 radical (unpaired) electrons. The molecule has 1 heterocycles. The second-order valence-electron chi connectivity index (χ2n) is 4.53. The zero-order valence-corrected chi connectivity index (χ0v) is 11.9. The van der Waals surface area contributed by atoms with Crippen molar-refractivity contribution in [3.05, 3.63) is 47.3 Å². The molecule has 2 aromatic rings. The van der Waals surface area contributed by atoms with Gasteiger partial charge in [0.25, 0.3) is 5.91 Å². The summed E-state index contributed by atoms with van der Waals surface area (Å²) in [5.74, 6) is -1.11. The Labute approximate surface area is 122 Å². The van der Waals surface area contributed by atoms with Crippen LogP contribution < -0.4 is 4.90 Å². The minimum absolute atomic E-state index is 0.336. The Hall–Kier alpha value is -2.63. The summed E-state index contributed by atoms with van der Waals surface area (Å²) in [5, 5.41) is 12.9. The summed E-state index contributed by atoms with van der Waals surface area (Å²) in [5.41, 5.74) is 1.39. The fraction of sp³-hybridized carbons (Fsp3) is 0.267. The summed E-state index contributed by atoms with van der Waals surface area (Å²) in [6.45, 7) is 3.08. The van der Waals surface area contributed by atoms with E-state index in [-0.39, 0.29) is 0 Å². The highest BCUT2D eigenvalue weighted by molar-refractivity contribution is 6.09. The predicted octanol–water partition coefficient (Wildman–Crippen LogP) is 2.28. The molecular weight excluding hydrogens is 272 g/mol. The van der Waals surface area contributed by atoms with Gasteiger partial charge in [-0.3, -0.25) is 14.5 Å². The molecule has 0 fully saturated rings. The Morgan fingerprint density at radius 2 is 1.95 bits per heavy atom. The zero-order chi connectivity index (χ0) is 15.4. The average molecular weight is 288 g/mol. The molecule has 0 saturated heterocycles. The third kappa shape index (κ3) is 3.10. The van der Waals surface area contributed by atoms with Gasteiger partial charge in [-0.2, -0.15) is 0 Å². The molecule has 0 aliphatic heterocycles. The number of rotatable bonds is 5. The minimum Gasteiger partial charge on any atom is -0.480 e. The highest BCUT2D eigenvalue weighted by Crippen LogP contribution is 2.21. The lowest BCUT2D eigenvalue weighted by molar-refractivity contribution is -0.135. The fourth-order valence-corrected chi connectivity index (χ4v) is 2.09. The summed E-state index contributed by atoms with van der Waals surface area (Å²) in [6.07, 6.45) is 0.536. The van der Waals surface area contributed by atoms with Crippen LogP contribution in [0, 0.1) is 6.92 Å². The molecule has 0 aliphatic carbocycles. The summed E-state index contributed by atoms with van der Waals surface area (Å²) < 4.78 is 5.05. The van der Waals surface area contributed by atoms with Gasteiger partial charge in [0.1, 0.15) is 17.9 Å². The number of carboxylic acid groups (broad SMARTS) is 1. The molecule has 21 heavy (non-hydrogen) atoms. The van der Waals surface area contributed by atoms with E-state index in [0.29, 0.717) is 29.1 Å². The molecular formula is C15H16N2O4. The lowest BCUT2D eigenvalue weighted by atomic mass is 10.1. The van der Waals surface area contributed by atoms with Crippen LogP contribution in [0.5, 0.6) is 0 Å². The summed E-state index contributed by atoms with van der Waals surface area (Å²) in [4.78, 5) is 25.0. The lowest BCUT2D eigenvalue weighted by Crippen LogP contribution is -2.36. The number of carbonyl (C=O) groups is 2. The van der Waals surface area contributed by atoms with Gasteiger partial charge in [0.2, 0.25) is 0 Å². The van der Waals surface area contributed by atoms with Crippen LogP contribution in [-0.2, 0) is 11.2 Å². The molecule has 6 heteroatoms. The van der Waals surface area contributed by atoms with E-state index in [1.807, 2.05) is 6.92 Å². The van der Waals surface area contributed by atoms with Crippen LogP contribution in [0.3, 0.4) is 0 Å². The number of benzene rings is 1. The molecule has 110 valence electrons. The Bertz CT molecular complexity index is 649. The van der Waals surface area contributed by atoms with Gasteiger partial charge in [-0.05, 0) is 25.5 Å². The van der Waals surface area contributed by atoms with Crippen molar-refractivity contribution < 1.29 is 19.2 Å². The SMILES string of the molecule is CCc1noc(C)c1C(=O)N(CC(=O)O)c1ccccc1. The van der Waals surface area contributed by atoms with Gasteiger partial charge in [-0.1, -0.05) is 30.3 Å². The van der Waals surface area contributed by atoms with E-state index in [2.05, 4.69) is 5.16 Å². The molecule has 0 atom stereocenters. The highest BCUT2D eigenvalue weighted by Gasteiger charge is 2.26. The number of nitrogens with zero attached hydrogens (tertiary/aromatic N) is 2. The number of aromatic nitrogens is 1. The van der Waals surface area contributed by atoms with Crippen LogP contribution in [0.2, 0.25) is 0 Å². The molecule has 0 bridgehead atoms. The van der Waals surface area contributed by atoms with Crippen LogP contribution in [0.15, 0.2) is 34.9 Å². The number of amides is 1. The first-order valence-corrected chi connectivity index (χ1v) is 6.58. The number of carboxylic acids is 1. The Morgan fingerprint density at radius 1 is 1.29 bits per heavy atom. The van der Waals surface area contributed by atoms with Gasteiger partial charge >= 0.3 is 5.97 Å². The van der Waals surface area contributed by atoms with E-state index in [1.165, 1.54) is 4.90 Å². The number of aliphatic carboxylic acids is 1. The second kappa shape index (κ2) is 6.21. The number of para-hydroxylation sites is 1. The van der Waals surface area contributed by atoms with Crippen molar-refractivity contribution in [3.8, 4) is 0 Å². The predicted molar refractivity (Wildman–Crippen MR) is 76.4 cm³/mol. The first kappa shape index (κ1) is 14.8. The molecule has 1 aromatic heterocycles. The van der Waals surface area contributed by atoms with Gasteiger partial charge in [0.05, 0.1) is 5.69 Å². The first-order chi connectivity index (χ1) is 10.0. The summed E-state index contributed by atoms with van der Waals surface area (Å²) in [6, 6.07) is 8.68. The average Bonchev–Trinajstić information content (AvgIpc) is 2.85. The topological polar surface area (TPSA) is 83.6 Å². The zero-order valence-electron chi connectivity index (χ0n) is 11.9. The Morgan fingerprint density at radius 3 is 2.52 bits per heavy atom. The van der Waals surface area contributed by atoms with Crippen LogP contribution in [0.1, 0.15) is 28.7 Å². The third-order valence-corrected chi connectivity index (χ3v) is 3.09. The highest BCUT2D eigenvalue weighted by atomic mass is 16.5. The number of carbonyl (C=O) groups excluding carboxylic acids is 1. The maximum absolute atomic E-state index is 12.7. The van der Waals surface area contributed by atoms with Crippen molar-refractivity contribution in [2.24, 2.45) is 0 Å². The number of anilines is 1. The van der Waals surface area contributed by atoms with E-state index < -0.39 is 18.4 Å². The van der Waals surface area contributed by atoms with E-state index in [0.717, 1.165) is 0 Å². The van der Waals surface area contributed by atoms with Gasteiger partial charge in [-0.25, -0.2) is 0 Å². The smallest absolute Gasteiger partial charge is 0.323 e. The second-order valence-corrected chi connectivity index (χ2v) is 4.53. The quantitative estimate of drug-likeness (QED) is 0.912. The number of hydrogen-bond acceptors (Lipinski definition) is 4. The van der Waals surface area contributed by atoms with Crippen LogP contribution in [0.4, 0.5) is 5.69 Å². The standard InChI is InChI=1S/C15H16N2O4/c1-3-12-14(10(2)21-16-12)15(20)17(9-13(18)19)11-7-5-4-6-8-11/h4-8H,3,9H2,1-2H3,(H,18,19). The fourth-order valence-electron chi connectivity index (χ4n) is 2.09. The van der Waals surface area contributed by atoms with Crippen molar-refractivity contribution in [2.75, 3.05) is 11.4 Å². The van der Waals surface area contributed by atoms with Crippen LogP contribution in [0.25, 0.3) is 0 Å². The van der Waals surface area contributed by atoms with Crippen molar-refractivity contribution in [2.45, 2.75) is 20.3 Å². The van der Waals surface area contributed by atoms with Crippen LogP contribution >= 0.6 is 0 Å². The van der Waals surface area contributed by atoms with E-state index in [9.17, 15) is 9.59 Å². The van der Waals surface area contributed by atoms with E-state index >= 15 is 0 Å². The van der Waals surface area contributed by atoms with Crippen molar-refractivity contribution in [1.82, 2.24) is 5.16 Å². The maximum Gasteiger partial charge on any atom is 0.323 e. The van der Waals surface area contributed by atoms with Gasteiger partial charge in [-0.15, -0.1) is 0 Å². The Kier molecular flexibility index (Phi) is 4.37. The molecule has 0 aliphatic rings. The lowest BCUT2D eigenvalue weighted by Gasteiger charge is -2.20. The van der Waals surface area contributed by atoms with E-state index in [1.54, 1.807) is 37.3 Å². The molecule has 0 unspecified atom stereocenters. The van der Waals surface area contributed by atoms with E-state index in [4.69, 9.17) is 9.63 Å². The molecule has 1 amide bonds. The molecule has 2 rings (SSSR count).